The van der Waals surface area contributed by atoms with Gasteiger partial charge in [-0.25, -0.2) is 0 Å². The number of hydrogen-bond donors (Lipinski definition) is 1. The summed E-state index contributed by atoms with van der Waals surface area (Å²) in [7, 11) is 0. The zero-order chi connectivity index (χ0) is 9.84. The Morgan fingerprint density at radius 2 is 2.00 bits per heavy atom. The summed E-state index contributed by atoms with van der Waals surface area (Å²) in [5.41, 5.74) is 5.97. The summed E-state index contributed by atoms with van der Waals surface area (Å²) in [4.78, 5) is 0. The summed E-state index contributed by atoms with van der Waals surface area (Å²) in [6, 6.07) is 4.06. The number of rotatable bonds is 4. The fourth-order valence-electron chi connectivity index (χ4n) is 1.41. The van der Waals surface area contributed by atoms with Crippen LogP contribution >= 0.6 is 12.4 Å². The molecule has 0 radical (unpaired) electrons. The van der Waals surface area contributed by atoms with Crippen molar-refractivity contribution in [2.45, 2.75) is 39.7 Å². The van der Waals surface area contributed by atoms with E-state index < -0.39 is 0 Å². The van der Waals surface area contributed by atoms with Crippen LogP contribution < -0.4 is 5.73 Å². The lowest BCUT2D eigenvalue weighted by molar-refractivity contribution is 0.398. The lowest BCUT2D eigenvalue weighted by atomic mass is 10.0. The molecule has 1 aromatic heterocycles. The molecule has 2 nitrogen and oxygen atoms in total. The van der Waals surface area contributed by atoms with Gasteiger partial charge in [-0.1, -0.05) is 20.8 Å². The molecular formula is C11H20ClNO. The Morgan fingerprint density at radius 1 is 1.36 bits per heavy atom. The number of nitrogens with two attached hydrogens (primary N) is 1. The lowest BCUT2D eigenvalue weighted by Gasteiger charge is -2.10. The van der Waals surface area contributed by atoms with Gasteiger partial charge in [-0.3, -0.25) is 0 Å². The van der Waals surface area contributed by atoms with Crippen LogP contribution in [0.4, 0.5) is 0 Å². The Balaban J connectivity index is 0.00000169. The van der Waals surface area contributed by atoms with E-state index in [0.717, 1.165) is 24.4 Å². The normalized spacial score (nSPS) is 12.6. The second-order valence-corrected chi connectivity index (χ2v) is 3.89. The highest BCUT2D eigenvalue weighted by molar-refractivity contribution is 5.85. The summed E-state index contributed by atoms with van der Waals surface area (Å²) < 4.78 is 5.57. The maximum Gasteiger partial charge on any atom is 0.120 e. The highest BCUT2D eigenvalue weighted by atomic mass is 35.5. The fraction of sp³-hybridized carbons (Fsp3) is 0.636. The minimum atomic E-state index is 0. The van der Waals surface area contributed by atoms with Crippen molar-refractivity contribution < 1.29 is 4.42 Å². The molecule has 0 spiro atoms. The van der Waals surface area contributed by atoms with E-state index in [1.807, 2.05) is 12.1 Å². The van der Waals surface area contributed by atoms with E-state index in [1.165, 1.54) is 0 Å². The molecule has 14 heavy (non-hydrogen) atoms. The molecule has 0 aromatic carbocycles. The van der Waals surface area contributed by atoms with Gasteiger partial charge in [-0.15, -0.1) is 12.4 Å². The van der Waals surface area contributed by atoms with E-state index in [1.54, 1.807) is 0 Å². The van der Waals surface area contributed by atoms with Crippen LogP contribution in [0, 0.1) is 5.92 Å². The average Bonchev–Trinajstić information content (AvgIpc) is 2.50. The second-order valence-electron chi connectivity index (χ2n) is 3.89. The van der Waals surface area contributed by atoms with E-state index in [-0.39, 0.29) is 18.4 Å². The van der Waals surface area contributed by atoms with Crippen LogP contribution in [0.3, 0.4) is 0 Å². The van der Waals surface area contributed by atoms with Gasteiger partial charge in [0.15, 0.2) is 0 Å². The molecule has 0 saturated heterocycles. The first kappa shape index (κ1) is 13.5. The van der Waals surface area contributed by atoms with Crippen LogP contribution in [0.25, 0.3) is 0 Å². The standard InChI is InChI=1S/C11H19NO.ClH/c1-4-9-5-6-11(13-9)10(12)7-8(2)3;/h5-6,8,10H,4,7,12H2,1-3H3;1H/t10-;/m0./s1. The third-order valence-corrected chi connectivity index (χ3v) is 2.12. The summed E-state index contributed by atoms with van der Waals surface area (Å²) in [6.45, 7) is 6.42. The van der Waals surface area contributed by atoms with Crippen LogP contribution in [0.15, 0.2) is 16.5 Å². The molecule has 0 aliphatic carbocycles. The molecule has 1 rings (SSSR count). The Hall–Kier alpha value is -0.470. The zero-order valence-corrected chi connectivity index (χ0v) is 9.93. The highest BCUT2D eigenvalue weighted by Gasteiger charge is 2.11. The van der Waals surface area contributed by atoms with Crippen LogP contribution in [0.1, 0.15) is 44.8 Å². The second kappa shape index (κ2) is 6.10. The van der Waals surface area contributed by atoms with Crippen molar-refractivity contribution in [1.82, 2.24) is 0 Å². The van der Waals surface area contributed by atoms with Gasteiger partial charge in [-0.2, -0.15) is 0 Å². The SMILES string of the molecule is CCc1ccc([C@@H](N)CC(C)C)o1.Cl. The third kappa shape index (κ3) is 3.72. The third-order valence-electron chi connectivity index (χ3n) is 2.12. The first-order valence-electron chi connectivity index (χ1n) is 4.97. The zero-order valence-electron chi connectivity index (χ0n) is 9.12. The summed E-state index contributed by atoms with van der Waals surface area (Å²) in [5, 5.41) is 0. The first-order chi connectivity index (χ1) is 6.13. The van der Waals surface area contributed by atoms with Crippen molar-refractivity contribution >= 4 is 12.4 Å². The number of halogens is 1. The largest absolute Gasteiger partial charge is 0.464 e. The van der Waals surface area contributed by atoms with Crippen molar-refractivity contribution in [2.75, 3.05) is 0 Å². The molecule has 0 fully saturated rings. The highest BCUT2D eigenvalue weighted by Crippen LogP contribution is 2.20. The van der Waals surface area contributed by atoms with Gasteiger partial charge >= 0.3 is 0 Å². The molecule has 1 heterocycles. The Labute approximate surface area is 92.3 Å². The summed E-state index contributed by atoms with van der Waals surface area (Å²) in [6.07, 6.45) is 1.92. The van der Waals surface area contributed by atoms with Gasteiger partial charge in [0, 0.05) is 6.42 Å². The molecule has 1 aromatic rings. The van der Waals surface area contributed by atoms with Crippen molar-refractivity contribution in [3.63, 3.8) is 0 Å². The van der Waals surface area contributed by atoms with E-state index >= 15 is 0 Å². The Morgan fingerprint density at radius 3 is 2.43 bits per heavy atom. The van der Waals surface area contributed by atoms with E-state index in [0.29, 0.717) is 5.92 Å². The molecule has 2 N–H and O–H groups in total. The van der Waals surface area contributed by atoms with Crippen LogP contribution in [-0.4, -0.2) is 0 Å². The minimum absolute atomic E-state index is 0. The molecule has 0 aliphatic rings. The van der Waals surface area contributed by atoms with E-state index in [9.17, 15) is 0 Å². The molecule has 0 amide bonds. The van der Waals surface area contributed by atoms with Gasteiger partial charge < -0.3 is 10.2 Å². The van der Waals surface area contributed by atoms with Gasteiger partial charge in [-0.05, 0) is 24.5 Å². The van der Waals surface area contributed by atoms with Crippen LogP contribution in [0.5, 0.6) is 0 Å². The van der Waals surface area contributed by atoms with E-state index in [4.69, 9.17) is 10.2 Å². The van der Waals surface area contributed by atoms with Crippen molar-refractivity contribution in [3.05, 3.63) is 23.7 Å². The van der Waals surface area contributed by atoms with Crippen LogP contribution in [-0.2, 0) is 6.42 Å². The summed E-state index contributed by atoms with van der Waals surface area (Å²) in [5.74, 6) is 2.56. The lowest BCUT2D eigenvalue weighted by Crippen LogP contribution is -2.11. The number of aryl methyl sites for hydroxylation is 1. The van der Waals surface area contributed by atoms with E-state index in [2.05, 4.69) is 20.8 Å². The molecule has 1 atom stereocenters. The molecule has 0 unspecified atom stereocenters. The maximum absolute atomic E-state index is 5.97. The molecule has 0 aliphatic heterocycles. The predicted molar refractivity (Wildman–Crippen MR) is 61.7 cm³/mol. The molecule has 82 valence electrons. The smallest absolute Gasteiger partial charge is 0.120 e. The van der Waals surface area contributed by atoms with Gasteiger partial charge in [0.05, 0.1) is 6.04 Å². The quantitative estimate of drug-likeness (QED) is 0.841. The average molecular weight is 218 g/mol. The molecule has 0 saturated carbocycles. The maximum atomic E-state index is 5.97. The molecular weight excluding hydrogens is 198 g/mol. The number of furan rings is 1. The van der Waals surface area contributed by atoms with Gasteiger partial charge in [0.25, 0.3) is 0 Å². The Bertz CT molecular complexity index is 258. The fourth-order valence-corrected chi connectivity index (χ4v) is 1.41. The van der Waals surface area contributed by atoms with Gasteiger partial charge in [0.1, 0.15) is 11.5 Å². The first-order valence-corrected chi connectivity index (χ1v) is 4.97. The Kier molecular flexibility index (Phi) is 5.89. The number of hydrogen-bond acceptors (Lipinski definition) is 2. The van der Waals surface area contributed by atoms with Crippen molar-refractivity contribution in [2.24, 2.45) is 11.7 Å². The van der Waals surface area contributed by atoms with Crippen molar-refractivity contribution in [3.8, 4) is 0 Å². The van der Waals surface area contributed by atoms with Crippen LogP contribution in [0.2, 0.25) is 0 Å². The van der Waals surface area contributed by atoms with Crippen molar-refractivity contribution in [1.29, 1.82) is 0 Å². The molecule has 0 bridgehead atoms. The minimum Gasteiger partial charge on any atom is -0.464 e. The summed E-state index contributed by atoms with van der Waals surface area (Å²) >= 11 is 0. The topological polar surface area (TPSA) is 39.2 Å². The predicted octanol–water partition coefficient (Wildman–Crippen LogP) is 3.31. The monoisotopic (exact) mass is 217 g/mol. The molecule has 3 heteroatoms. The van der Waals surface area contributed by atoms with Gasteiger partial charge in [0.2, 0.25) is 0 Å².